The van der Waals surface area contributed by atoms with Crippen molar-refractivity contribution in [1.29, 1.82) is 0 Å². The molecule has 3 aromatic rings. The summed E-state index contributed by atoms with van der Waals surface area (Å²) in [6.45, 7) is 6.78. The van der Waals surface area contributed by atoms with E-state index in [9.17, 15) is 9.59 Å². The fraction of sp³-hybridized carbons (Fsp3) is 0.333. The number of hydrogen-bond acceptors (Lipinski definition) is 7. The number of nitrogens with one attached hydrogen (secondary N) is 2. The molecule has 2 heterocycles. The Bertz CT molecular complexity index is 975. The highest BCUT2D eigenvalue weighted by Gasteiger charge is 2.16. The lowest BCUT2D eigenvalue weighted by Gasteiger charge is -2.19. The van der Waals surface area contributed by atoms with Gasteiger partial charge in [0.1, 0.15) is 5.75 Å². The van der Waals surface area contributed by atoms with Crippen molar-refractivity contribution in [1.82, 2.24) is 20.8 Å². The molecule has 0 saturated heterocycles. The zero-order chi connectivity index (χ0) is 21.6. The van der Waals surface area contributed by atoms with Crippen molar-refractivity contribution in [2.45, 2.75) is 26.2 Å². The van der Waals surface area contributed by atoms with E-state index in [1.165, 1.54) is 16.9 Å². The van der Waals surface area contributed by atoms with Crippen molar-refractivity contribution >= 4 is 23.2 Å². The van der Waals surface area contributed by atoms with Crippen molar-refractivity contribution in [2.75, 3.05) is 19.7 Å². The molecule has 0 unspecified atom stereocenters. The Kier molecular flexibility index (Phi) is 6.83. The first-order valence-corrected chi connectivity index (χ1v) is 10.4. The Labute approximate surface area is 178 Å². The van der Waals surface area contributed by atoms with Crippen LogP contribution in [0.5, 0.6) is 5.75 Å². The molecule has 0 aliphatic rings. The lowest BCUT2D eigenvalue weighted by atomic mass is 9.87. The summed E-state index contributed by atoms with van der Waals surface area (Å²) in [6.07, 6.45) is 0. The second-order valence-corrected chi connectivity index (χ2v) is 8.52. The third-order valence-corrected chi connectivity index (χ3v) is 5.05. The van der Waals surface area contributed by atoms with Gasteiger partial charge in [-0.05, 0) is 34.6 Å². The normalized spacial score (nSPS) is 11.2. The van der Waals surface area contributed by atoms with Crippen molar-refractivity contribution in [3.8, 4) is 16.5 Å². The molecule has 0 atom stereocenters. The number of thiophene rings is 1. The summed E-state index contributed by atoms with van der Waals surface area (Å²) in [4.78, 5) is 28.8. The molecule has 2 N–H and O–H groups in total. The minimum atomic E-state index is -0.491. The number of hydrogen-bond donors (Lipinski definition) is 2. The summed E-state index contributed by atoms with van der Waals surface area (Å²) in [6, 6.07) is 11.4. The van der Waals surface area contributed by atoms with Crippen molar-refractivity contribution < 1.29 is 18.8 Å². The molecule has 2 amide bonds. The molecule has 1 aromatic carbocycles. The maximum atomic E-state index is 12.0. The fourth-order valence-corrected chi connectivity index (χ4v) is 3.18. The number of amides is 2. The predicted molar refractivity (Wildman–Crippen MR) is 114 cm³/mol. The number of benzene rings is 1. The van der Waals surface area contributed by atoms with E-state index in [2.05, 4.69) is 41.5 Å². The number of ether oxygens (including phenoxy) is 1. The summed E-state index contributed by atoms with van der Waals surface area (Å²) in [7, 11) is 0. The van der Waals surface area contributed by atoms with E-state index in [0.29, 0.717) is 11.6 Å². The minimum absolute atomic E-state index is 0.0626. The molecule has 0 radical (unpaired) electrons. The smallest absolute Gasteiger partial charge is 0.316 e. The van der Waals surface area contributed by atoms with Gasteiger partial charge < -0.3 is 19.9 Å². The first-order valence-electron chi connectivity index (χ1n) is 9.49. The van der Waals surface area contributed by atoms with Gasteiger partial charge in [-0.25, -0.2) is 0 Å². The second-order valence-electron chi connectivity index (χ2n) is 7.57. The highest BCUT2D eigenvalue weighted by molar-refractivity contribution is 7.13. The van der Waals surface area contributed by atoms with E-state index >= 15 is 0 Å². The third kappa shape index (κ3) is 5.90. The minimum Gasteiger partial charge on any atom is -0.484 e. The molecule has 0 bridgehead atoms. The van der Waals surface area contributed by atoms with Gasteiger partial charge in [0.25, 0.3) is 5.91 Å². The fourth-order valence-electron chi connectivity index (χ4n) is 2.53. The van der Waals surface area contributed by atoms with Gasteiger partial charge in [-0.1, -0.05) is 44.1 Å². The van der Waals surface area contributed by atoms with E-state index < -0.39 is 5.91 Å². The number of aromatic nitrogens is 2. The van der Waals surface area contributed by atoms with E-state index in [0.717, 1.165) is 4.88 Å². The van der Waals surface area contributed by atoms with Gasteiger partial charge in [0.15, 0.2) is 6.61 Å². The number of nitrogens with zero attached hydrogens (tertiary/aromatic N) is 2. The maximum Gasteiger partial charge on any atom is 0.316 e. The van der Waals surface area contributed by atoms with Crippen LogP contribution in [0, 0.1) is 0 Å². The molecule has 2 aromatic heterocycles. The molecule has 30 heavy (non-hydrogen) atoms. The molecule has 158 valence electrons. The summed E-state index contributed by atoms with van der Waals surface area (Å²) in [5.41, 5.74) is 1.26. The number of carbonyl (C=O) groups is 2. The lowest BCUT2D eigenvalue weighted by Crippen LogP contribution is -2.36. The van der Waals surface area contributed by atoms with Crippen LogP contribution in [0.1, 0.15) is 37.0 Å². The quantitative estimate of drug-likeness (QED) is 0.534. The number of rotatable bonds is 8. The summed E-state index contributed by atoms with van der Waals surface area (Å²) >= 11 is 1.45. The van der Waals surface area contributed by atoms with Gasteiger partial charge in [-0.3, -0.25) is 9.59 Å². The van der Waals surface area contributed by atoms with E-state index in [-0.39, 0.29) is 36.9 Å². The van der Waals surface area contributed by atoms with E-state index in [4.69, 9.17) is 9.26 Å². The van der Waals surface area contributed by atoms with Crippen molar-refractivity contribution in [2.24, 2.45) is 0 Å². The van der Waals surface area contributed by atoms with Crippen LogP contribution in [-0.4, -0.2) is 41.7 Å². The SMILES string of the molecule is CC(C)(C)c1ccc(OCC(=O)NCCNC(=O)c2nc(-c3cccs3)no2)cc1. The first-order chi connectivity index (χ1) is 14.3. The van der Waals surface area contributed by atoms with Crippen LogP contribution in [0.4, 0.5) is 0 Å². The predicted octanol–water partition coefficient (Wildman–Crippen LogP) is 3.02. The van der Waals surface area contributed by atoms with Gasteiger partial charge in [0.05, 0.1) is 4.88 Å². The van der Waals surface area contributed by atoms with Crippen LogP contribution in [0.2, 0.25) is 0 Å². The van der Waals surface area contributed by atoms with Crippen LogP contribution >= 0.6 is 11.3 Å². The molecule has 9 heteroatoms. The molecular formula is C21H24N4O4S. The van der Waals surface area contributed by atoms with Crippen LogP contribution in [0.3, 0.4) is 0 Å². The number of carbonyl (C=O) groups excluding carboxylic acids is 2. The standard InChI is InChI=1S/C21H24N4O4S/c1-21(2,3)14-6-8-15(9-7-14)28-13-17(26)22-10-11-23-19(27)20-24-18(25-29-20)16-5-4-12-30-16/h4-9,12H,10-11,13H2,1-3H3,(H,22,26)(H,23,27). The van der Waals surface area contributed by atoms with Gasteiger partial charge in [0.2, 0.25) is 5.82 Å². The summed E-state index contributed by atoms with van der Waals surface area (Å²) in [5.74, 6) is 0.115. The molecular weight excluding hydrogens is 404 g/mol. The van der Waals surface area contributed by atoms with Crippen LogP contribution in [0.15, 0.2) is 46.3 Å². The van der Waals surface area contributed by atoms with Gasteiger partial charge in [-0.2, -0.15) is 4.98 Å². The highest BCUT2D eigenvalue weighted by atomic mass is 32.1. The highest BCUT2D eigenvalue weighted by Crippen LogP contribution is 2.24. The zero-order valence-corrected chi connectivity index (χ0v) is 17.9. The largest absolute Gasteiger partial charge is 0.484 e. The van der Waals surface area contributed by atoms with Crippen LogP contribution in [-0.2, 0) is 10.2 Å². The zero-order valence-electron chi connectivity index (χ0n) is 17.1. The Morgan fingerprint density at radius 2 is 1.83 bits per heavy atom. The average molecular weight is 429 g/mol. The van der Waals surface area contributed by atoms with Crippen LogP contribution in [0.25, 0.3) is 10.7 Å². The lowest BCUT2D eigenvalue weighted by molar-refractivity contribution is -0.123. The Morgan fingerprint density at radius 1 is 1.10 bits per heavy atom. The molecule has 8 nitrogen and oxygen atoms in total. The molecule has 0 spiro atoms. The van der Waals surface area contributed by atoms with Gasteiger partial charge in [-0.15, -0.1) is 11.3 Å². The molecule has 0 aliphatic heterocycles. The molecule has 3 rings (SSSR count). The maximum absolute atomic E-state index is 12.0. The Hall–Kier alpha value is -3.20. The molecule has 0 saturated carbocycles. The van der Waals surface area contributed by atoms with Gasteiger partial charge in [0, 0.05) is 13.1 Å². The van der Waals surface area contributed by atoms with Crippen LogP contribution < -0.4 is 15.4 Å². The first kappa shape index (κ1) is 21.5. The Balaban J connectivity index is 1.35. The van der Waals surface area contributed by atoms with Crippen molar-refractivity contribution in [3.63, 3.8) is 0 Å². The monoisotopic (exact) mass is 428 g/mol. The van der Waals surface area contributed by atoms with Crippen molar-refractivity contribution in [3.05, 3.63) is 53.2 Å². The summed E-state index contributed by atoms with van der Waals surface area (Å²) < 4.78 is 10.5. The van der Waals surface area contributed by atoms with Gasteiger partial charge >= 0.3 is 11.8 Å². The van der Waals surface area contributed by atoms with E-state index in [1.807, 2.05) is 41.8 Å². The Morgan fingerprint density at radius 3 is 2.50 bits per heavy atom. The topological polar surface area (TPSA) is 106 Å². The second kappa shape index (κ2) is 9.53. The summed E-state index contributed by atoms with van der Waals surface area (Å²) in [5, 5.41) is 11.0. The van der Waals surface area contributed by atoms with E-state index in [1.54, 1.807) is 0 Å². The molecule has 0 aliphatic carbocycles. The third-order valence-electron chi connectivity index (χ3n) is 4.18. The average Bonchev–Trinajstić information content (AvgIpc) is 3.41. The molecule has 0 fully saturated rings.